The lowest BCUT2D eigenvalue weighted by molar-refractivity contribution is 0.139. The minimum Gasteiger partial charge on any atom is -0.445 e. The molecule has 1 amide bonds. The normalized spacial score (nSPS) is 10.1. The van der Waals surface area contributed by atoms with Crippen LogP contribution in [0.5, 0.6) is 0 Å². The number of anilines is 2. The molecule has 1 aromatic heterocycles. The molecule has 2 aromatic carbocycles. The summed E-state index contributed by atoms with van der Waals surface area (Å²) >= 11 is 0. The number of carbonyl (C=O) groups is 1. The number of hydrogen-bond acceptors (Lipinski definition) is 5. The van der Waals surface area contributed by atoms with Gasteiger partial charge in [-0.25, -0.2) is 4.79 Å². The van der Waals surface area contributed by atoms with Gasteiger partial charge in [0, 0.05) is 30.2 Å². The number of alkyl carbamates (subject to hydrolysis) is 1. The van der Waals surface area contributed by atoms with E-state index >= 15 is 0 Å². The molecule has 0 fully saturated rings. The topological polar surface area (TPSA) is 89.3 Å². The molecule has 0 spiro atoms. The molecule has 6 nitrogen and oxygen atoms in total. The summed E-state index contributed by atoms with van der Waals surface area (Å²) in [7, 11) is 0. The van der Waals surface area contributed by atoms with Crippen molar-refractivity contribution in [3.8, 4) is 0 Å². The zero-order valence-corrected chi connectivity index (χ0v) is 15.4. The van der Waals surface area contributed by atoms with Gasteiger partial charge in [0.15, 0.2) is 0 Å². The number of pyridine rings is 1. The molecule has 142 valence electrons. The molecular weight excluding hydrogens is 352 g/mol. The second-order valence-electron chi connectivity index (χ2n) is 6.18. The first kappa shape index (κ1) is 19.0. The highest BCUT2D eigenvalue weighted by Crippen LogP contribution is 2.22. The van der Waals surface area contributed by atoms with Gasteiger partial charge < -0.3 is 21.1 Å². The average molecular weight is 374 g/mol. The van der Waals surface area contributed by atoms with Crippen molar-refractivity contribution in [2.75, 3.05) is 11.1 Å². The molecule has 28 heavy (non-hydrogen) atoms. The molecule has 0 aliphatic heterocycles. The van der Waals surface area contributed by atoms with E-state index < -0.39 is 6.09 Å². The van der Waals surface area contributed by atoms with Crippen molar-refractivity contribution in [1.29, 1.82) is 0 Å². The van der Waals surface area contributed by atoms with Crippen LogP contribution in [0.4, 0.5) is 16.2 Å². The van der Waals surface area contributed by atoms with Crippen LogP contribution in [0.25, 0.3) is 5.70 Å². The number of nitrogens with two attached hydrogens (primary N) is 1. The maximum Gasteiger partial charge on any atom is 0.407 e. The van der Waals surface area contributed by atoms with Crippen molar-refractivity contribution >= 4 is 23.2 Å². The molecule has 0 aliphatic carbocycles. The van der Waals surface area contributed by atoms with Crippen molar-refractivity contribution < 1.29 is 9.53 Å². The predicted octanol–water partition coefficient (Wildman–Crippen LogP) is 4.17. The summed E-state index contributed by atoms with van der Waals surface area (Å²) in [5, 5.41) is 5.94. The molecule has 3 rings (SSSR count). The van der Waals surface area contributed by atoms with E-state index in [2.05, 4.69) is 22.2 Å². The van der Waals surface area contributed by atoms with Crippen LogP contribution < -0.4 is 16.4 Å². The van der Waals surface area contributed by atoms with Crippen LogP contribution in [0.1, 0.15) is 16.7 Å². The number of nitrogens with one attached hydrogen (secondary N) is 2. The molecule has 0 bridgehead atoms. The second kappa shape index (κ2) is 9.23. The Bertz CT molecular complexity index is 940. The van der Waals surface area contributed by atoms with E-state index in [9.17, 15) is 4.79 Å². The van der Waals surface area contributed by atoms with Crippen molar-refractivity contribution in [3.05, 3.63) is 96.3 Å². The van der Waals surface area contributed by atoms with Crippen LogP contribution in [0.15, 0.2) is 79.6 Å². The Balaban J connectivity index is 1.48. The zero-order valence-electron chi connectivity index (χ0n) is 15.4. The number of rotatable bonds is 7. The quantitative estimate of drug-likeness (QED) is 0.540. The van der Waals surface area contributed by atoms with Crippen molar-refractivity contribution in [3.63, 3.8) is 0 Å². The van der Waals surface area contributed by atoms with Gasteiger partial charge >= 0.3 is 6.09 Å². The van der Waals surface area contributed by atoms with Crippen LogP contribution in [-0.4, -0.2) is 11.1 Å². The van der Waals surface area contributed by atoms with E-state index in [4.69, 9.17) is 10.5 Å². The lowest BCUT2D eigenvalue weighted by Crippen LogP contribution is -2.23. The minimum atomic E-state index is -0.474. The Morgan fingerprint density at radius 1 is 1.04 bits per heavy atom. The van der Waals surface area contributed by atoms with Crippen LogP contribution in [0, 0.1) is 0 Å². The van der Waals surface area contributed by atoms with Gasteiger partial charge in [-0.3, -0.25) is 4.98 Å². The fourth-order valence-corrected chi connectivity index (χ4v) is 2.53. The van der Waals surface area contributed by atoms with Gasteiger partial charge in [0.25, 0.3) is 0 Å². The van der Waals surface area contributed by atoms with E-state index in [1.165, 1.54) is 0 Å². The second-order valence-corrected chi connectivity index (χ2v) is 6.18. The van der Waals surface area contributed by atoms with Crippen LogP contribution in [0.3, 0.4) is 0 Å². The predicted molar refractivity (Wildman–Crippen MR) is 111 cm³/mol. The SMILES string of the molecule is C=C(Nc1ccccc1N)c1ccc(CNC(=O)OCc2cccnc2)cc1. The Morgan fingerprint density at radius 3 is 2.54 bits per heavy atom. The first-order valence-corrected chi connectivity index (χ1v) is 8.81. The summed E-state index contributed by atoms with van der Waals surface area (Å²) in [4.78, 5) is 15.8. The van der Waals surface area contributed by atoms with Gasteiger partial charge in [0.2, 0.25) is 0 Å². The smallest absolute Gasteiger partial charge is 0.407 e. The van der Waals surface area contributed by atoms with Crippen LogP contribution in [0.2, 0.25) is 0 Å². The summed E-state index contributed by atoms with van der Waals surface area (Å²) in [5.74, 6) is 0. The Labute approximate surface area is 164 Å². The number of nitrogens with zero attached hydrogens (tertiary/aromatic N) is 1. The molecule has 1 heterocycles. The number of para-hydroxylation sites is 2. The molecule has 0 aliphatic rings. The number of amides is 1. The average Bonchev–Trinajstić information content (AvgIpc) is 2.73. The fraction of sp³-hybridized carbons (Fsp3) is 0.0909. The van der Waals surface area contributed by atoms with Gasteiger partial charge in [-0.2, -0.15) is 0 Å². The molecule has 0 atom stereocenters. The lowest BCUT2D eigenvalue weighted by Gasteiger charge is -2.12. The number of ether oxygens (including phenoxy) is 1. The van der Waals surface area contributed by atoms with E-state index in [-0.39, 0.29) is 6.61 Å². The molecule has 6 heteroatoms. The number of aromatic nitrogens is 1. The Morgan fingerprint density at radius 2 is 1.82 bits per heavy atom. The highest BCUT2D eigenvalue weighted by atomic mass is 16.5. The van der Waals surface area contributed by atoms with Crippen molar-refractivity contribution in [2.24, 2.45) is 0 Å². The van der Waals surface area contributed by atoms with E-state index in [1.54, 1.807) is 18.5 Å². The van der Waals surface area contributed by atoms with E-state index in [1.807, 2.05) is 54.6 Å². The van der Waals surface area contributed by atoms with Crippen molar-refractivity contribution in [1.82, 2.24) is 10.3 Å². The third-order valence-corrected chi connectivity index (χ3v) is 4.08. The Kier molecular flexibility index (Phi) is 6.25. The highest BCUT2D eigenvalue weighted by molar-refractivity contribution is 5.80. The Hall–Kier alpha value is -3.80. The standard InChI is InChI=1S/C22H22N4O2/c1-16(26-21-7-3-2-6-20(21)23)19-10-8-17(9-11-19)14-25-22(27)28-15-18-5-4-12-24-13-18/h2-13,26H,1,14-15,23H2,(H,25,27). The summed E-state index contributed by atoms with van der Waals surface area (Å²) in [6.45, 7) is 4.62. The molecule has 0 radical (unpaired) electrons. The van der Waals surface area contributed by atoms with Gasteiger partial charge in [-0.1, -0.05) is 49.0 Å². The molecule has 0 saturated carbocycles. The highest BCUT2D eigenvalue weighted by Gasteiger charge is 2.05. The third kappa shape index (κ3) is 5.35. The maximum absolute atomic E-state index is 11.8. The number of nitrogen functional groups attached to an aromatic ring is 1. The zero-order chi connectivity index (χ0) is 19.8. The molecule has 3 aromatic rings. The number of hydrogen-bond donors (Lipinski definition) is 3. The monoisotopic (exact) mass is 374 g/mol. The van der Waals surface area contributed by atoms with E-state index in [0.29, 0.717) is 12.2 Å². The lowest BCUT2D eigenvalue weighted by atomic mass is 10.1. The fourth-order valence-electron chi connectivity index (χ4n) is 2.53. The maximum atomic E-state index is 11.8. The molecular formula is C22H22N4O2. The molecule has 0 unspecified atom stereocenters. The van der Waals surface area contributed by atoms with E-state index in [0.717, 1.165) is 28.1 Å². The van der Waals surface area contributed by atoms with Gasteiger partial charge in [-0.15, -0.1) is 0 Å². The number of carbonyl (C=O) groups excluding carboxylic acids is 1. The van der Waals surface area contributed by atoms with Gasteiger partial charge in [0.05, 0.1) is 11.4 Å². The van der Waals surface area contributed by atoms with Crippen LogP contribution >= 0.6 is 0 Å². The van der Waals surface area contributed by atoms with Crippen molar-refractivity contribution in [2.45, 2.75) is 13.2 Å². The molecule has 0 saturated heterocycles. The van der Waals surface area contributed by atoms with Crippen LogP contribution in [-0.2, 0) is 17.9 Å². The molecule has 4 N–H and O–H groups in total. The first-order valence-electron chi connectivity index (χ1n) is 8.81. The summed E-state index contributed by atoms with van der Waals surface area (Å²) < 4.78 is 5.16. The summed E-state index contributed by atoms with van der Waals surface area (Å²) in [5.41, 5.74) is 10.9. The summed E-state index contributed by atoms with van der Waals surface area (Å²) in [6.07, 6.45) is 2.86. The van der Waals surface area contributed by atoms with Gasteiger partial charge in [0.1, 0.15) is 6.61 Å². The summed E-state index contributed by atoms with van der Waals surface area (Å²) in [6, 6.07) is 18.9. The number of benzene rings is 2. The third-order valence-electron chi connectivity index (χ3n) is 4.08. The van der Waals surface area contributed by atoms with Gasteiger partial charge in [-0.05, 0) is 29.3 Å². The minimum absolute atomic E-state index is 0.187. The largest absolute Gasteiger partial charge is 0.445 e. The first-order chi connectivity index (χ1) is 13.6.